The van der Waals surface area contributed by atoms with Gasteiger partial charge in [-0.25, -0.2) is 0 Å². The molecule has 0 saturated carbocycles. The third kappa shape index (κ3) is 4.12. The second-order valence-corrected chi connectivity index (χ2v) is 5.48. The summed E-state index contributed by atoms with van der Waals surface area (Å²) in [6.45, 7) is 3.14. The maximum atomic E-state index is 3.63. The zero-order valence-corrected chi connectivity index (χ0v) is 12.4. The van der Waals surface area contributed by atoms with Gasteiger partial charge in [0.2, 0.25) is 0 Å². The van der Waals surface area contributed by atoms with Crippen LogP contribution in [0.15, 0.2) is 59.5 Å². The molecule has 1 N–H and O–H groups in total. The number of benzene rings is 2. The van der Waals surface area contributed by atoms with Gasteiger partial charge in [-0.3, -0.25) is 0 Å². The largest absolute Gasteiger partial charge is 0.306 e. The molecule has 0 saturated heterocycles. The van der Waals surface area contributed by atoms with E-state index >= 15 is 0 Å². The Kier molecular flexibility index (Phi) is 5.49. The van der Waals surface area contributed by atoms with Crippen LogP contribution in [0.3, 0.4) is 0 Å². The van der Waals surface area contributed by atoms with Crippen LogP contribution in [-0.2, 0) is 6.54 Å². The van der Waals surface area contributed by atoms with Crippen molar-refractivity contribution in [2.24, 2.45) is 0 Å². The van der Waals surface area contributed by atoms with E-state index in [0.29, 0.717) is 6.04 Å². The summed E-state index contributed by atoms with van der Waals surface area (Å²) >= 11 is 1.78. The van der Waals surface area contributed by atoms with E-state index < -0.39 is 0 Å². The van der Waals surface area contributed by atoms with Gasteiger partial charge in [0.05, 0.1) is 0 Å². The lowest BCUT2D eigenvalue weighted by Crippen LogP contribution is -2.20. The van der Waals surface area contributed by atoms with Crippen LogP contribution in [0.5, 0.6) is 0 Å². The second kappa shape index (κ2) is 7.37. The van der Waals surface area contributed by atoms with Crippen LogP contribution in [0, 0.1) is 0 Å². The third-order valence-corrected chi connectivity index (χ3v) is 4.07. The predicted octanol–water partition coefficient (Wildman–Crippen LogP) is 4.65. The molecular weight excluding hydrogens is 250 g/mol. The third-order valence-electron chi connectivity index (χ3n) is 3.32. The summed E-state index contributed by atoms with van der Waals surface area (Å²) in [5.41, 5.74) is 2.71. The van der Waals surface area contributed by atoms with Crippen LogP contribution in [0.2, 0.25) is 0 Å². The van der Waals surface area contributed by atoms with E-state index in [-0.39, 0.29) is 0 Å². The first kappa shape index (κ1) is 14.2. The van der Waals surface area contributed by atoms with Crippen molar-refractivity contribution in [2.45, 2.75) is 30.8 Å². The standard InChI is InChI=1S/C17H21NS/c1-3-17(15-7-5-4-6-8-15)18-13-14-9-11-16(19-2)12-10-14/h4-12,17-18H,3,13H2,1-2H3. The molecule has 0 heterocycles. The van der Waals surface area contributed by atoms with Gasteiger partial charge in [-0.15, -0.1) is 11.8 Å². The molecule has 2 aromatic rings. The zero-order chi connectivity index (χ0) is 13.5. The number of rotatable bonds is 6. The summed E-state index contributed by atoms with van der Waals surface area (Å²) in [6, 6.07) is 19.9. The van der Waals surface area contributed by atoms with E-state index in [0.717, 1.165) is 13.0 Å². The number of nitrogens with one attached hydrogen (secondary N) is 1. The average molecular weight is 271 g/mol. The first-order valence-corrected chi connectivity index (χ1v) is 7.97. The normalized spacial score (nSPS) is 12.3. The molecule has 0 aromatic heterocycles. The van der Waals surface area contributed by atoms with Crippen LogP contribution in [-0.4, -0.2) is 6.26 Å². The molecule has 0 fully saturated rings. The Balaban J connectivity index is 1.96. The first-order chi connectivity index (χ1) is 9.33. The maximum absolute atomic E-state index is 3.63. The Morgan fingerprint density at radius 2 is 1.68 bits per heavy atom. The van der Waals surface area contributed by atoms with Crippen LogP contribution >= 0.6 is 11.8 Å². The molecule has 100 valence electrons. The van der Waals surface area contributed by atoms with E-state index in [1.807, 2.05) is 0 Å². The Morgan fingerprint density at radius 3 is 2.26 bits per heavy atom. The molecule has 0 aliphatic rings. The van der Waals surface area contributed by atoms with Crippen molar-refractivity contribution in [3.05, 3.63) is 65.7 Å². The summed E-state index contributed by atoms with van der Waals surface area (Å²) in [5.74, 6) is 0. The van der Waals surface area contributed by atoms with Gasteiger partial charge in [-0.1, -0.05) is 49.4 Å². The Labute approximate surface area is 120 Å². The molecule has 2 heteroatoms. The van der Waals surface area contributed by atoms with Gasteiger partial charge in [0.25, 0.3) is 0 Å². The highest BCUT2D eigenvalue weighted by molar-refractivity contribution is 7.98. The topological polar surface area (TPSA) is 12.0 Å². The molecule has 0 radical (unpaired) electrons. The molecule has 19 heavy (non-hydrogen) atoms. The van der Waals surface area contributed by atoms with Crippen LogP contribution in [0.25, 0.3) is 0 Å². The SMILES string of the molecule is CCC(NCc1ccc(SC)cc1)c1ccccc1. The van der Waals surface area contributed by atoms with Gasteiger partial charge < -0.3 is 5.32 Å². The van der Waals surface area contributed by atoms with Crippen molar-refractivity contribution in [3.8, 4) is 0 Å². The van der Waals surface area contributed by atoms with Crippen molar-refractivity contribution in [1.29, 1.82) is 0 Å². The average Bonchev–Trinajstić information content (AvgIpc) is 2.49. The molecule has 0 spiro atoms. The molecule has 0 amide bonds. The molecule has 1 nitrogen and oxygen atoms in total. The van der Waals surface area contributed by atoms with Crippen LogP contribution in [0.1, 0.15) is 30.5 Å². The van der Waals surface area contributed by atoms with E-state index in [2.05, 4.69) is 73.1 Å². The smallest absolute Gasteiger partial charge is 0.0320 e. The van der Waals surface area contributed by atoms with Gasteiger partial charge in [0.15, 0.2) is 0 Å². The van der Waals surface area contributed by atoms with Gasteiger partial charge in [-0.2, -0.15) is 0 Å². The van der Waals surface area contributed by atoms with E-state index in [1.54, 1.807) is 11.8 Å². The molecule has 0 aliphatic heterocycles. The molecule has 0 bridgehead atoms. The monoisotopic (exact) mass is 271 g/mol. The zero-order valence-electron chi connectivity index (χ0n) is 11.6. The van der Waals surface area contributed by atoms with E-state index in [9.17, 15) is 0 Å². The summed E-state index contributed by atoms with van der Waals surface area (Å²) < 4.78 is 0. The minimum absolute atomic E-state index is 0.432. The molecule has 2 aromatic carbocycles. The number of hydrogen-bond acceptors (Lipinski definition) is 2. The van der Waals surface area contributed by atoms with Gasteiger partial charge in [0.1, 0.15) is 0 Å². The summed E-state index contributed by atoms with van der Waals surface area (Å²) in [6.07, 6.45) is 3.21. The second-order valence-electron chi connectivity index (χ2n) is 4.60. The van der Waals surface area contributed by atoms with Gasteiger partial charge in [0, 0.05) is 17.5 Å². The highest BCUT2D eigenvalue weighted by atomic mass is 32.2. The van der Waals surface area contributed by atoms with Crippen molar-refractivity contribution in [2.75, 3.05) is 6.26 Å². The van der Waals surface area contributed by atoms with Crippen molar-refractivity contribution < 1.29 is 0 Å². The fourth-order valence-corrected chi connectivity index (χ4v) is 2.58. The fourth-order valence-electron chi connectivity index (χ4n) is 2.17. The highest BCUT2D eigenvalue weighted by Gasteiger charge is 2.07. The molecule has 1 unspecified atom stereocenters. The summed E-state index contributed by atoms with van der Waals surface area (Å²) in [7, 11) is 0. The van der Waals surface area contributed by atoms with E-state index in [4.69, 9.17) is 0 Å². The quantitative estimate of drug-likeness (QED) is 0.768. The van der Waals surface area contributed by atoms with Gasteiger partial charge in [-0.05, 0) is 35.9 Å². The van der Waals surface area contributed by atoms with Crippen molar-refractivity contribution in [1.82, 2.24) is 5.32 Å². The lowest BCUT2D eigenvalue weighted by Gasteiger charge is -2.17. The van der Waals surface area contributed by atoms with Crippen molar-refractivity contribution in [3.63, 3.8) is 0 Å². The Bertz CT molecular complexity index is 478. The Morgan fingerprint density at radius 1 is 1.00 bits per heavy atom. The minimum Gasteiger partial charge on any atom is -0.306 e. The summed E-state index contributed by atoms with van der Waals surface area (Å²) in [4.78, 5) is 1.32. The Hall–Kier alpha value is -1.25. The van der Waals surface area contributed by atoms with Crippen LogP contribution in [0.4, 0.5) is 0 Å². The number of hydrogen-bond donors (Lipinski definition) is 1. The molecule has 1 atom stereocenters. The molecule has 0 aliphatic carbocycles. The maximum Gasteiger partial charge on any atom is 0.0320 e. The fraction of sp³-hybridized carbons (Fsp3) is 0.294. The first-order valence-electron chi connectivity index (χ1n) is 6.74. The summed E-state index contributed by atoms with van der Waals surface area (Å²) in [5, 5.41) is 3.63. The van der Waals surface area contributed by atoms with Crippen molar-refractivity contribution >= 4 is 11.8 Å². The lowest BCUT2D eigenvalue weighted by atomic mass is 10.0. The minimum atomic E-state index is 0.432. The van der Waals surface area contributed by atoms with E-state index in [1.165, 1.54) is 16.0 Å². The highest BCUT2D eigenvalue weighted by Crippen LogP contribution is 2.18. The molecule has 2 rings (SSSR count). The molecular formula is C17H21NS. The van der Waals surface area contributed by atoms with Crippen LogP contribution < -0.4 is 5.32 Å². The van der Waals surface area contributed by atoms with Gasteiger partial charge >= 0.3 is 0 Å². The lowest BCUT2D eigenvalue weighted by molar-refractivity contribution is 0.519. The predicted molar refractivity (Wildman–Crippen MR) is 84.5 cm³/mol. The number of thioether (sulfide) groups is 1.